The van der Waals surface area contributed by atoms with Crippen molar-refractivity contribution in [3.63, 3.8) is 0 Å². The Labute approximate surface area is 457 Å². The van der Waals surface area contributed by atoms with E-state index in [4.69, 9.17) is 22.9 Å². The van der Waals surface area contributed by atoms with Crippen LogP contribution < -0.4 is 65.5 Å². The number of amides is 8. The molecule has 0 bridgehead atoms. The van der Waals surface area contributed by atoms with Gasteiger partial charge in [0.1, 0.15) is 48.0 Å². The molecule has 0 saturated heterocycles. The standard InChI is InChI=1S/C52H89N13O13/c1-9-31(8)43(50(76)61-37(19-20-42(68)69)48(74)64-40(51(77)78)25-30(6)7)65-49(75)39(26-32-15-17-33(66)18-16-32)63-47(73)36(14-12-22-57-52(55)56)60-46(72)35(13-10-11-21-53)59-41(67)27-58-45(71)38(24-29(4)5)62-44(70)34(54)23-28(2)3/h15-18,28-31,34-40,43,66H,9-14,19-27,53-54H2,1-8H3,(H,58,71)(H,59,67)(H,60,72)(H,61,76)(H,62,70)(H,63,73)(H,64,74)(H,65,75)(H,68,69)(H,77,78)(H4,55,56,57)/t31-,34-,35-,36-,37-,38-,39-,40-,43-/m0/s1. The molecular weight excluding hydrogens is 1010 g/mol. The first-order chi connectivity index (χ1) is 36.6. The first-order valence-corrected chi connectivity index (χ1v) is 26.7. The number of rotatable bonds is 38. The van der Waals surface area contributed by atoms with Gasteiger partial charge in [-0.15, -0.1) is 0 Å². The predicted octanol–water partition coefficient (Wildman–Crippen LogP) is -0.912. The summed E-state index contributed by atoms with van der Waals surface area (Å²) in [5, 5.41) is 49.9. The molecule has 0 aliphatic rings. The van der Waals surface area contributed by atoms with E-state index in [2.05, 4.69) is 47.5 Å². The molecule has 440 valence electrons. The summed E-state index contributed by atoms with van der Waals surface area (Å²) in [6, 6.07) is -4.66. The SMILES string of the molecule is CC[C@H](C)[C@H](NC(=O)[C@H](Cc1ccc(O)cc1)NC(=O)[C@H](CCCN=C(N)N)NC(=O)[C@H](CCCCN)NC(=O)CNC(=O)[C@H](CC(C)C)NC(=O)[C@@H](N)CC(C)C)C(=O)N[C@@H](CCC(=O)O)C(=O)N[C@@H](CC(C)C)C(=O)O. The van der Waals surface area contributed by atoms with Crippen LogP contribution in [-0.2, 0) is 54.4 Å². The zero-order valence-electron chi connectivity index (χ0n) is 46.5. The van der Waals surface area contributed by atoms with Gasteiger partial charge in [0.2, 0.25) is 47.3 Å². The minimum Gasteiger partial charge on any atom is -0.508 e. The Hall–Kier alpha value is -7.09. The highest BCUT2D eigenvalue weighted by Gasteiger charge is 2.36. The Morgan fingerprint density at radius 2 is 1.05 bits per heavy atom. The fraction of sp³-hybridized carbons (Fsp3) is 0.673. The number of aromatic hydroxyl groups is 1. The third-order valence-electron chi connectivity index (χ3n) is 12.4. The maximum Gasteiger partial charge on any atom is 0.326 e. The number of nitrogens with two attached hydrogens (primary N) is 4. The Bertz CT molecular complexity index is 2160. The normalized spacial score (nSPS) is 14.7. The zero-order valence-corrected chi connectivity index (χ0v) is 46.5. The maximum absolute atomic E-state index is 14.5. The van der Waals surface area contributed by atoms with Crippen molar-refractivity contribution < 1.29 is 63.3 Å². The van der Waals surface area contributed by atoms with Crippen LogP contribution in [0, 0.1) is 23.7 Å². The van der Waals surface area contributed by atoms with E-state index in [-0.39, 0.29) is 81.1 Å². The fourth-order valence-corrected chi connectivity index (χ4v) is 8.01. The number of hydrogen-bond donors (Lipinski definition) is 15. The molecule has 1 aromatic carbocycles. The van der Waals surface area contributed by atoms with Crippen molar-refractivity contribution in [2.75, 3.05) is 19.6 Å². The van der Waals surface area contributed by atoms with Gasteiger partial charge in [0.05, 0.1) is 12.6 Å². The number of phenolic OH excluding ortho intramolecular Hbond substituents is 1. The quantitative estimate of drug-likeness (QED) is 0.0216. The summed E-state index contributed by atoms with van der Waals surface area (Å²) in [6.07, 6.45) is 0.577. The van der Waals surface area contributed by atoms with Gasteiger partial charge in [0, 0.05) is 19.4 Å². The lowest BCUT2D eigenvalue weighted by Crippen LogP contribution is -2.61. The molecule has 1 aromatic rings. The molecule has 0 unspecified atom stereocenters. The highest BCUT2D eigenvalue weighted by molar-refractivity contribution is 5.98. The Morgan fingerprint density at radius 3 is 1.58 bits per heavy atom. The van der Waals surface area contributed by atoms with E-state index in [0.717, 1.165) is 0 Å². The van der Waals surface area contributed by atoms with Crippen LogP contribution in [0.3, 0.4) is 0 Å². The number of aliphatic carboxylic acids is 2. The molecule has 78 heavy (non-hydrogen) atoms. The number of carbonyl (C=O) groups excluding carboxylic acids is 8. The molecule has 26 heteroatoms. The smallest absolute Gasteiger partial charge is 0.326 e. The highest BCUT2D eigenvalue weighted by atomic mass is 16.4. The van der Waals surface area contributed by atoms with Gasteiger partial charge in [0.25, 0.3) is 0 Å². The summed E-state index contributed by atoms with van der Waals surface area (Å²) in [6.45, 7) is 14.0. The van der Waals surface area contributed by atoms with Crippen molar-refractivity contribution in [3.8, 4) is 5.75 Å². The largest absolute Gasteiger partial charge is 0.508 e. The summed E-state index contributed by atoms with van der Waals surface area (Å²) in [7, 11) is 0. The van der Waals surface area contributed by atoms with E-state index < -0.39 is 133 Å². The third kappa shape index (κ3) is 27.8. The van der Waals surface area contributed by atoms with Gasteiger partial charge in [0.15, 0.2) is 5.96 Å². The van der Waals surface area contributed by atoms with Crippen molar-refractivity contribution in [1.29, 1.82) is 0 Å². The van der Waals surface area contributed by atoms with E-state index in [1.165, 1.54) is 24.3 Å². The number of carboxylic acids is 2. The molecule has 0 aromatic heterocycles. The molecule has 9 atom stereocenters. The second-order valence-corrected chi connectivity index (χ2v) is 20.9. The predicted molar refractivity (Wildman–Crippen MR) is 291 cm³/mol. The van der Waals surface area contributed by atoms with Crippen molar-refractivity contribution >= 4 is 65.2 Å². The van der Waals surface area contributed by atoms with Gasteiger partial charge in [-0.3, -0.25) is 48.1 Å². The average molecular weight is 1100 g/mol. The Kier molecular flexibility index (Phi) is 31.9. The minimum absolute atomic E-state index is 0.0174. The van der Waals surface area contributed by atoms with Crippen LogP contribution in [0.2, 0.25) is 0 Å². The topological polar surface area (TPSA) is 444 Å². The van der Waals surface area contributed by atoms with E-state index >= 15 is 0 Å². The molecule has 0 heterocycles. The van der Waals surface area contributed by atoms with E-state index in [1.807, 2.05) is 27.7 Å². The van der Waals surface area contributed by atoms with E-state index in [0.29, 0.717) is 31.2 Å². The molecule has 26 nitrogen and oxygen atoms in total. The number of nitrogens with one attached hydrogen (secondary N) is 8. The molecule has 0 aliphatic heterocycles. The zero-order chi connectivity index (χ0) is 59.2. The van der Waals surface area contributed by atoms with Crippen LogP contribution in [0.15, 0.2) is 29.3 Å². The molecule has 8 amide bonds. The number of phenols is 1. The first-order valence-electron chi connectivity index (χ1n) is 26.7. The van der Waals surface area contributed by atoms with Crippen LogP contribution >= 0.6 is 0 Å². The number of unbranched alkanes of at least 4 members (excludes halogenated alkanes) is 1. The first kappa shape index (κ1) is 68.9. The number of hydrogen-bond acceptors (Lipinski definition) is 14. The van der Waals surface area contributed by atoms with Crippen molar-refractivity contribution in [3.05, 3.63) is 29.8 Å². The molecule has 0 spiro atoms. The summed E-state index contributed by atoms with van der Waals surface area (Å²) >= 11 is 0. The lowest BCUT2D eigenvalue weighted by Gasteiger charge is -2.29. The van der Waals surface area contributed by atoms with Gasteiger partial charge in [-0.25, -0.2) is 4.79 Å². The minimum atomic E-state index is -1.54. The summed E-state index contributed by atoms with van der Waals surface area (Å²) in [5.74, 6) is -10.1. The second-order valence-electron chi connectivity index (χ2n) is 20.9. The van der Waals surface area contributed by atoms with Gasteiger partial charge in [-0.2, -0.15) is 0 Å². The lowest BCUT2D eigenvalue weighted by atomic mass is 9.96. The molecule has 0 saturated carbocycles. The Morgan fingerprint density at radius 1 is 0.564 bits per heavy atom. The molecule has 0 radical (unpaired) electrons. The van der Waals surface area contributed by atoms with Crippen molar-refractivity contribution in [1.82, 2.24) is 42.5 Å². The lowest BCUT2D eigenvalue weighted by molar-refractivity contribution is -0.143. The fourth-order valence-electron chi connectivity index (χ4n) is 8.01. The Balaban J connectivity index is 3.62. The van der Waals surface area contributed by atoms with Gasteiger partial charge < -0.3 is 80.8 Å². The third-order valence-corrected chi connectivity index (χ3v) is 12.4. The summed E-state index contributed by atoms with van der Waals surface area (Å²) in [5.41, 5.74) is 23.3. The number of carbonyl (C=O) groups is 10. The van der Waals surface area contributed by atoms with Gasteiger partial charge >= 0.3 is 11.9 Å². The number of benzene rings is 1. The van der Waals surface area contributed by atoms with Crippen LogP contribution in [0.1, 0.15) is 132 Å². The van der Waals surface area contributed by atoms with Crippen LogP contribution in [-0.4, -0.2) is 148 Å². The monoisotopic (exact) mass is 1100 g/mol. The molecular formula is C52H89N13O13. The van der Waals surface area contributed by atoms with Crippen LogP contribution in [0.5, 0.6) is 5.75 Å². The average Bonchev–Trinajstić information content (AvgIpc) is 3.35. The van der Waals surface area contributed by atoms with Crippen LogP contribution in [0.4, 0.5) is 0 Å². The molecule has 0 aliphatic carbocycles. The van der Waals surface area contributed by atoms with Gasteiger partial charge in [-0.1, -0.05) is 73.9 Å². The molecule has 19 N–H and O–H groups in total. The number of guanidine groups is 1. The molecule has 1 rings (SSSR count). The van der Waals surface area contributed by atoms with E-state index in [1.54, 1.807) is 27.7 Å². The van der Waals surface area contributed by atoms with Crippen LogP contribution in [0.25, 0.3) is 0 Å². The maximum atomic E-state index is 14.5. The summed E-state index contributed by atoms with van der Waals surface area (Å²) in [4.78, 5) is 138. The van der Waals surface area contributed by atoms with Crippen molar-refractivity contribution in [2.24, 2.45) is 51.6 Å². The second kappa shape index (κ2) is 36.1. The highest BCUT2D eigenvalue weighted by Crippen LogP contribution is 2.16. The number of aliphatic imine (C=N–C) groups is 1. The van der Waals surface area contributed by atoms with Gasteiger partial charge in [-0.05, 0) is 106 Å². The van der Waals surface area contributed by atoms with Crippen molar-refractivity contribution in [2.45, 2.75) is 181 Å². The molecule has 0 fully saturated rings. The number of nitrogens with zero attached hydrogens (tertiary/aromatic N) is 1. The summed E-state index contributed by atoms with van der Waals surface area (Å²) < 4.78 is 0. The number of carboxylic acid groups (broad SMARTS) is 2. The van der Waals surface area contributed by atoms with E-state index in [9.17, 15) is 63.3 Å².